The van der Waals surface area contributed by atoms with Crippen molar-refractivity contribution in [2.24, 2.45) is 33.5 Å². The van der Waals surface area contributed by atoms with Crippen LogP contribution in [-0.4, -0.2) is 64.4 Å². The van der Waals surface area contributed by atoms with E-state index in [1.165, 1.54) is 19.9 Å². The molecule has 2 N–H and O–H groups in total. The monoisotopic (exact) mass is 580 g/mol. The van der Waals surface area contributed by atoms with E-state index in [1.807, 2.05) is 44.2 Å². The van der Waals surface area contributed by atoms with Crippen molar-refractivity contribution in [1.82, 2.24) is 0 Å². The van der Waals surface area contributed by atoms with E-state index in [2.05, 4.69) is 6.58 Å². The lowest BCUT2D eigenvalue weighted by molar-refractivity contribution is -0.203. The van der Waals surface area contributed by atoms with E-state index in [1.54, 1.807) is 19.9 Å². The Hall–Kier alpha value is -3.30. The van der Waals surface area contributed by atoms with Gasteiger partial charge in [-0.05, 0) is 22.6 Å². The summed E-state index contributed by atoms with van der Waals surface area (Å²) in [7, 11) is 0. The predicted molar refractivity (Wildman–Crippen MR) is 151 cm³/mol. The maximum absolute atomic E-state index is 13.7. The first-order valence-corrected chi connectivity index (χ1v) is 14.5. The fourth-order valence-corrected chi connectivity index (χ4v) is 9.84. The molecule has 4 fully saturated rings. The molecule has 226 valence electrons. The van der Waals surface area contributed by atoms with Crippen LogP contribution in [0.2, 0.25) is 0 Å². The van der Waals surface area contributed by atoms with E-state index >= 15 is 0 Å². The molecule has 10 atom stereocenters. The standard InChI is InChI=1S/C33H40O9/c1-17-23(36)15-22-28(40-19(3)34)33-18(2)24(42-26(38)14-13-21-11-9-8-10-12-21)16-25(37)31(33,7)27(39)29(41-20(4)35)32(17,33)30(22,5)6/h8-14,17,22,24-25,27-29,37,39H,2,15-16H2,1,3-7H3. The van der Waals surface area contributed by atoms with Gasteiger partial charge in [-0.15, -0.1) is 0 Å². The average Bonchev–Trinajstić information content (AvgIpc) is 3.15. The first-order valence-electron chi connectivity index (χ1n) is 14.5. The Morgan fingerprint density at radius 2 is 1.57 bits per heavy atom. The lowest BCUT2D eigenvalue weighted by atomic mass is 9.42. The van der Waals surface area contributed by atoms with E-state index in [0.29, 0.717) is 5.57 Å². The van der Waals surface area contributed by atoms with Gasteiger partial charge in [-0.25, -0.2) is 4.79 Å². The summed E-state index contributed by atoms with van der Waals surface area (Å²) in [6.07, 6.45) is -3.18. The molecular weight excluding hydrogens is 540 g/mol. The number of aliphatic hydroxyl groups is 2. The van der Waals surface area contributed by atoms with Crippen LogP contribution >= 0.6 is 0 Å². The quantitative estimate of drug-likeness (QED) is 0.232. The molecule has 2 bridgehead atoms. The van der Waals surface area contributed by atoms with Crippen molar-refractivity contribution in [3.63, 3.8) is 0 Å². The first-order chi connectivity index (χ1) is 19.6. The minimum atomic E-state index is -1.50. The molecule has 4 saturated carbocycles. The molecule has 1 aromatic rings. The van der Waals surface area contributed by atoms with Crippen molar-refractivity contribution in [3.05, 3.63) is 54.1 Å². The maximum atomic E-state index is 13.7. The van der Waals surface area contributed by atoms with Gasteiger partial charge >= 0.3 is 17.9 Å². The van der Waals surface area contributed by atoms with Gasteiger partial charge in [0.2, 0.25) is 0 Å². The highest BCUT2D eigenvalue weighted by Crippen LogP contribution is 2.86. The van der Waals surface area contributed by atoms with Crippen molar-refractivity contribution < 1.29 is 43.6 Å². The molecule has 9 nitrogen and oxygen atoms in total. The summed E-state index contributed by atoms with van der Waals surface area (Å²) in [4.78, 5) is 52.1. The van der Waals surface area contributed by atoms with Crippen LogP contribution in [0.15, 0.2) is 48.6 Å². The molecule has 9 heteroatoms. The number of ether oxygens (including phenoxy) is 3. The Balaban J connectivity index is 1.72. The largest absolute Gasteiger partial charge is 0.461 e. The topological polar surface area (TPSA) is 136 Å². The summed E-state index contributed by atoms with van der Waals surface area (Å²) in [5.41, 5.74) is -4.09. The third-order valence-electron chi connectivity index (χ3n) is 11.3. The van der Waals surface area contributed by atoms with Gasteiger partial charge in [-0.1, -0.05) is 64.6 Å². The van der Waals surface area contributed by atoms with Crippen LogP contribution in [-0.2, 0) is 33.4 Å². The fourth-order valence-electron chi connectivity index (χ4n) is 9.84. The zero-order valence-electron chi connectivity index (χ0n) is 25.0. The number of carbonyl (C=O) groups excluding carboxylic acids is 4. The van der Waals surface area contributed by atoms with Gasteiger partial charge < -0.3 is 24.4 Å². The van der Waals surface area contributed by atoms with Crippen LogP contribution in [0, 0.1) is 33.5 Å². The molecule has 0 aromatic heterocycles. The molecule has 1 aromatic carbocycles. The highest BCUT2D eigenvalue weighted by Gasteiger charge is 2.93. The van der Waals surface area contributed by atoms with Gasteiger partial charge in [0.25, 0.3) is 0 Å². The van der Waals surface area contributed by atoms with Gasteiger partial charge in [0, 0.05) is 55.4 Å². The Kier molecular flexibility index (Phi) is 7.09. The van der Waals surface area contributed by atoms with E-state index in [-0.39, 0.29) is 18.6 Å². The Morgan fingerprint density at radius 1 is 0.976 bits per heavy atom. The Bertz CT molecular complexity index is 1360. The third kappa shape index (κ3) is 3.56. The number of carbonyl (C=O) groups is 4. The molecule has 4 aliphatic rings. The van der Waals surface area contributed by atoms with E-state index < -0.39 is 81.9 Å². The molecule has 2 spiro atoms. The molecule has 0 amide bonds. The molecule has 0 radical (unpaired) electrons. The summed E-state index contributed by atoms with van der Waals surface area (Å²) >= 11 is 0. The van der Waals surface area contributed by atoms with Crippen molar-refractivity contribution in [2.75, 3.05) is 0 Å². The lowest BCUT2D eigenvalue weighted by Gasteiger charge is -2.61. The van der Waals surface area contributed by atoms with Gasteiger partial charge in [0.15, 0.2) is 0 Å². The zero-order valence-corrected chi connectivity index (χ0v) is 25.0. The highest BCUT2D eigenvalue weighted by molar-refractivity contribution is 5.88. The number of fused-ring (bicyclic) bond motifs is 1. The summed E-state index contributed by atoms with van der Waals surface area (Å²) in [6.45, 7) is 14.2. The molecule has 10 unspecified atom stereocenters. The smallest absolute Gasteiger partial charge is 0.331 e. The second-order valence-electron chi connectivity index (χ2n) is 13.1. The maximum Gasteiger partial charge on any atom is 0.331 e. The van der Waals surface area contributed by atoms with Crippen LogP contribution in [0.1, 0.15) is 59.9 Å². The molecular formula is C33H40O9. The summed E-state index contributed by atoms with van der Waals surface area (Å²) in [5.74, 6) is -3.40. The molecule has 0 heterocycles. The average molecular weight is 581 g/mol. The van der Waals surface area contributed by atoms with Crippen LogP contribution in [0.3, 0.4) is 0 Å². The lowest BCUT2D eigenvalue weighted by Crippen LogP contribution is -2.66. The van der Waals surface area contributed by atoms with Crippen molar-refractivity contribution in [1.29, 1.82) is 0 Å². The molecule has 4 aliphatic carbocycles. The second-order valence-corrected chi connectivity index (χ2v) is 13.1. The van der Waals surface area contributed by atoms with Crippen LogP contribution in [0.25, 0.3) is 6.08 Å². The Labute approximate surface area is 245 Å². The normalized spacial score (nSPS) is 41.7. The van der Waals surface area contributed by atoms with Gasteiger partial charge in [-0.3, -0.25) is 14.4 Å². The molecule has 0 aliphatic heterocycles. The van der Waals surface area contributed by atoms with Crippen LogP contribution in [0.5, 0.6) is 0 Å². The minimum Gasteiger partial charge on any atom is -0.461 e. The van der Waals surface area contributed by atoms with E-state index in [9.17, 15) is 29.4 Å². The minimum absolute atomic E-state index is 0.0855. The predicted octanol–water partition coefficient (Wildman–Crippen LogP) is 3.41. The number of hydrogen-bond acceptors (Lipinski definition) is 9. The first kappa shape index (κ1) is 30.2. The number of esters is 3. The number of ketones is 1. The van der Waals surface area contributed by atoms with Crippen molar-refractivity contribution in [3.8, 4) is 0 Å². The van der Waals surface area contributed by atoms with Crippen molar-refractivity contribution in [2.45, 2.75) is 84.9 Å². The van der Waals surface area contributed by atoms with E-state index in [0.717, 1.165) is 5.56 Å². The molecule has 5 rings (SSSR count). The van der Waals surface area contributed by atoms with Crippen molar-refractivity contribution >= 4 is 29.8 Å². The zero-order chi connectivity index (χ0) is 31.0. The fraction of sp³-hybridized carbons (Fsp3) is 0.576. The molecule has 42 heavy (non-hydrogen) atoms. The molecule has 0 saturated heterocycles. The van der Waals surface area contributed by atoms with Gasteiger partial charge in [0.1, 0.15) is 30.2 Å². The summed E-state index contributed by atoms with van der Waals surface area (Å²) in [6, 6.07) is 9.20. The highest BCUT2D eigenvalue weighted by atomic mass is 16.6. The number of benzene rings is 1. The van der Waals surface area contributed by atoms with Crippen LogP contribution in [0.4, 0.5) is 0 Å². The third-order valence-corrected chi connectivity index (χ3v) is 11.3. The number of Topliss-reactive ketones (excluding diaryl/α,β-unsaturated/α-hetero) is 1. The summed E-state index contributed by atoms with van der Waals surface area (Å²) in [5, 5.41) is 24.0. The second kappa shape index (κ2) is 9.88. The SMILES string of the molecule is C=C1C(OC(=O)C=Cc2ccccc2)CC(O)C2(C)C(O)C(OC(C)=O)C34C(C)C(=O)CC(C(OC(C)=O)C123)C4(C)C. The Morgan fingerprint density at radius 3 is 2.17 bits per heavy atom. The van der Waals surface area contributed by atoms with E-state index in [4.69, 9.17) is 14.2 Å². The van der Waals surface area contributed by atoms with Gasteiger partial charge in [0.05, 0.1) is 11.5 Å². The van der Waals surface area contributed by atoms with Crippen LogP contribution < -0.4 is 0 Å². The number of aliphatic hydroxyl groups excluding tert-OH is 2. The number of rotatable bonds is 5. The van der Waals surface area contributed by atoms with Gasteiger partial charge in [-0.2, -0.15) is 0 Å². The number of hydrogen-bond donors (Lipinski definition) is 2. The summed E-state index contributed by atoms with van der Waals surface area (Å²) < 4.78 is 18.0.